The fourth-order valence-electron chi connectivity index (χ4n) is 1.47. The second kappa shape index (κ2) is 6.79. The lowest BCUT2D eigenvalue weighted by molar-refractivity contribution is -0.142. The highest BCUT2D eigenvalue weighted by molar-refractivity contribution is 5.84. The van der Waals surface area contributed by atoms with E-state index < -0.39 is 29.6 Å². The van der Waals surface area contributed by atoms with E-state index in [2.05, 4.69) is 5.32 Å². The van der Waals surface area contributed by atoms with Gasteiger partial charge in [-0.1, -0.05) is 6.07 Å². The Morgan fingerprint density at radius 3 is 2.47 bits per heavy atom. The zero-order valence-corrected chi connectivity index (χ0v) is 9.90. The smallest absolute Gasteiger partial charge is 0.326 e. The molecular weight excluding hydrogens is 260 g/mol. The summed E-state index contributed by atoms with van der Waals surface area (Å²) in [5.41, 5.74) is 0.226. The first-order chi connectivity index (χ1) is 8.93. The maximum absolute atomic E-state index is 12.9. The first kappa shape index (κ1) is 15.0. The number of aliphatic hydroxyl groups excluding tert-OH is 1. The topological polar surface area (TPSA) is 86.6 Å². The summed E-state index contributed by atoms with van der Waals surface area (Å²) in [7, 11) is 0. The van der Waals surface area contributed by atoms with Crippen molar-refractivity contribution in [2.75, 3.05) is 6.61 Å². The number of amides is 1. The van der Waals surface area contributed by atoms with E-state index in [1.54, 1.807) is 0 Å². The van der Waals surface area contributed by atoms with E-state index in [1.807, 2.05) is 0 Å². The third kappa shape index (κ3) is 4.63. The number of aliphatic hydroxyl groups is 1. The third-order valence-corrected chi connectivity index (χ3v) is 2.40. The monoisotopic (exact) mass is 273 g/mol. The molecule has 5 nitrogen and oxygen atoms in total. The van der Waals surface area contributed by atoms with E-state index >= 15 is 0 Å². The van der Waals surface area contributed by atoms with Crippen molar-refractivity contribution in [2.45, 2.75) is 18.9 Å². The third-order valence-electron chi connectivity index (χ3n) is 2.40. The number of carbonyl (C=O) groups excluding carboxylic acids is 1. The van der Waals surface area contributed by atoms with Crippen LogP contribution in [0.5, 0.6) is 0 Å². The molecule has 3 N–H and O–H groups in total. The van der Waals surface area contributed by atoms with Crippen LogP contribution < -0.4 is 5.32 Å². The lowest BCUT2D eigenvalue weighted by Gasteiger charge is -2.13. The van der Waals surface area contributed by atoms with Gasteiger partial charge in [0, 0.05) is 13.0 Å². The second-order valence-electron chi connectivity index (χ2n) is 3.90. The number of halogens is 2. The van der Waals surface area contributed by atoms with Crippen molar-refractivity contribution in [1.29, 1.82) is 0 Å². The maximum Gasteiger partial charge on any atom is 0.326 e. The highest BCUT2D eigenvalue weighted by Crippen LogP contribution is 2.09. The molecule has 0 saturated heterocycles. The number of carboxylic acids is 1. The molecule has 0 spiro atoms. The molecule has 0 aliphatic rings. The van der Waals surface area contributed by atoms with Gasteiger partial charge in [0.15, 0.2) is 11.6 Å². The number of rotatable bonds is 6. The van der Waals surface area contributed by atoms with Gasteiger partial charge in [-0.3, -0.25) is 4.79 Å². The Morgan fingerprint density at radius 2 is 1.95 bits per heavy atom. The molecule has 0 saturated carbocycles. The normalized spacial score (nSPS) is 11.9. The van der Waals surface area contributed by atoms with Crippen LogP contribution in [0.3, 0.4) is 0 Å². The van der Waals surface area contributed by atoms with E-state index in [-0.39, 0.29) is 25.0 Å². The average molecular weight is 273 g/mol. The Labute approximate surface area is 107 Å². The number of hydrogen-bond donors (Lipinski definition) is 3. The molecule has 0 radical (unpaired) electrons. The zero-order valence-electron chi connectivity index (χ0n) is 9.90. The molecule has 7 heteroatoms. The Kier molecular flexibility index (Phi) is 5.37. The van der Waals surface area contributed by atoms with E-state index in [1.165, 1.54) is 6.07 Å². The van der Waals surface area contributed by atoms with Gasteiger partial charge in [0.25, 0.3) is 0 Å². The fourth-order valence-corrected chi connectivity index (χ4v) is 1.47. The molecule has 1 atom stereocenters. The average Bonchev–Trinajstić information content (AvgIpc) is 2.33. The number of benzene rings is 1. The van der Waals surface area contributed by atoms with Gasteiger partial charge in [-0.05, 0) is 17.7 Å². The van der Waals surface area contributed by atoms with Gasteiger partial charge in [-0.15, -0.1) is 0 Å². The largest absolute Gasteiger partial charge is 0.480 e. The SMILES string of the molecule is O=C(Cc1ccc(F)c(F)c1)N[C@H](CCO)C(=O)O. The van der Waals surface area contributed by atoms with E-state index in [9.17, 15) is 18.4 Å². The van der Waals surface area contributed by atoms with Crippen LogP contribution in [0.25, 0.3) is 0 Å². The first-order valence-corrected chi connectivity index (χ1v) is 5.51. The summed E-state index contributed by atoms with van der Waals surface area (Å²) >= 11 is 0. The molecule has 0 bridgehead atoms. The molecule has 0 aromatic heterocycles. The van der Waals surface area contributed by atoms with Crippen molar-refractivity contribution >= 4 is 11.9 Å². The van der Waals surface area contributed by atoms with Gasteiger partial charge >= 0.3 is 5.97 Å². The summed E-state index contributed by atoms with van der Waals surface area (Å²) in [5, 5.41) is 19.6. The molecule has 0 unspecified atom stereocenters. The van der Waals surface area contributed by atoms with Crippen LogP contribution in [0.2, 0.25) is 0 Å². The van der Waals surface area contributed by atoms with Crippen LogP contribution in [0, 0.1) is 11.6 Å². The number of carbonyl (C=O) groups is 2. The molecule has 1 rings (SSSR count). The van der Waals surface area contributed by atoms with E-state index in [4.69, 9.17) is 10.2 Å². The minimum atomic E-state index is -1.27. The van der Waals surface area contributed by atoms with Gasteiger partial charge in [-0.25, -0.2) is 13.6 Å². The van der Waals surface area contributed by atoms with Crippen LogP contribution in [-0.2, 0) is 16.0 Å². The summed E-state index contributed by atoms with van der Waals surface area (Å²) in [4.78, 5) is 22.3. The lowest BCUT2D eigenvalue weighted by Crippen LogP contribution is -2.42. The van der Waals surface area contributed by atoms with Crippen LogP contribution in [0.1, 0.15) is 12.0 Å². The Morgan fingerprint density at radius 1 is 1.26 bits per heavy atom. The molecular formula is C12H13F2NO4. The van der Waals surface area contributed by atoms with Gasteiger partial charge in [0.05, 0.1) is 6.42 Å². The number of hydrogen-bond acceptors (Lipinski definition) is 3. The molecule has 0 aliphatic heterocycles. The molecule has 0 fully saturated rings. The number of carboxylic acid groups (broad SMARTS) is 1. The summed E-state index contributed by atoms with van der Waals surface area (Å²) in [6, 6.07) is 1.79. The van der Waals surface area contributed by atoms with Crippen LogP contribution >= 0.6 is 0 Å². The van der Waals surface area contributed by atoms with Gasteiger partial charge < -0.3 is 15.5 Å². The Bertz CT molecular complexity index is 479. The molecule has 1 amide bonds. The molecule has 104 valence electrons. The van der Waals surface area contributed by atoms with Crippen molar-refractivity contribution < 1.29 is 28.6 Å². The highest BCUT2D eigenvalue weighted by atomic mass is 19.2. The van der Waals surface area contributed by atoms with Crippen molar-refractivity contribution in [3.63, 3.8) is 0 Å². The standard InChI is InChI=1S/C12H13F2NO4/c13-8-2-1-7(5-9(8)14)6-11(17)15-10(3-4-16)12(18)19/h1-2,5,10,16H,3-4,6H2,(H,15,17)(H,18,19)/t10-/m1/s1. The summed E-state index contributed by atoms with van der Waals surface area (Å²) < 4.78 is 25.6. The first-order valence-electron chi connectivity index (χ1n) is 5.51. The number of aliphatic carboxylic acids is 1. The predicted molar refractivity (Wildman–Crippen MR) is 61.3 cm³/mol. The summed E-state index contributed by atoms with van der Waals surface area (Å²) in [5.74, 6) is -4.01. The molecule has 19 heavy (non-hydrogen) atoms. The molecule has 0 aliphatic carbocycles. The zero-order chi connectivity index (χ0) is 14.4. The van der Waals surface area contributed by atoms with Gasteiger partial charge in [0.2, 0.25) is 5.91 Å². The maximum atomic E-state index is 12.9. The molecule has 0 heterocycles. The van der Waals surface area contributed by atoms with Crippen molar-refractivity contribution in [1.82, 2.24) is 5.32 Å². The minimum absolute atomic E-state index is 0.126. The Balaban J connectivity index is 2.63. The fraction of sp³-hybridized carbons (Fsp3) is 0.333. The number of nitrogens with one attached hydrogen (secondary N) is 1. The van der Waals surface area contributed by atoms with Crippen molar-refractivity contribution in [3.8, 4) is 0 Å². The van der Waals surface area contributed by atoms with Crippen LogP contribution in [0.15, 0.2) is 18.2 Å². The lowest BCUT2D eigenvalue weighted by atomic mass is 10.1. The second-order valence-corrected chi connectivity index (χ2v) is 3.90. The van der Waals surface area contributed by atoms with E-state index in [0.29, 0.717) is 0 Å². The van der Waals surface area contributed by atoms with Gasteiger partial charge in [0.1, 0.15) is 6.04 Å². The predicted octanol–water partition coefficient (Wildman–Crippen LogP) is 0.459. The van der Waals surface area contributed by atoms with Gasteiger partial charge in [-0.2, -0.15) is 0 Å². The van der Waals surface area contributed by atoms with Crippen LogP contribution in [-0.4, -0.2) is 34.7 Å². The Hall–Kier alpha value is -2.02. The molecule has 1 aromatic carbocycles. The quantitative estimate of drug-likeness (QED) is 0.702. The molecule has 1 aromatic rings. The van der Waals surface area contributed by atoms with Crippen molar-refractivity contribution in [3.05, 3.63) is 35.4 Å². The van der Waals surface area contributed by atoms with Crippen LogP contribution in [0.4, 0.5) is 8.78 Å². The summed E-state index contributed by atoms with van der Waals surface area (Å²) in [6.45, 7) is -0.386. The minimum Gasteiger partial charge on any atom is -0.480 e. The highest BCUT2D eigenvalue weighted by Gasteiger charge is 2.19. The summed E-state index contributed by atoms with van der Waals surface area (Å²) in [6.07, 6.45) is -0.398. The van der Waals surface area contributed by atoms with Crippen molar-refractivity contribution in [2.24, 2.45) is 0 Å². The van der Waals surface area contributed by atoms with E-state index in [0.717, 1.165) is 12.1 Å².